The molecular formula is C33H24N4O2S2. The van der Waals surface area contributed by atoms with E-state index in [2.05, 4.69) is 56.8 Å². The van der Waals surface area contributed by atoms with Gasteiger partial charge in [0.1, 0.15) is 11.0 Å². The monoisotopic (exact) mass is 572 g/mol. The second-order valence-electron chi connectivity index (χ2n) is 9.85. The van der Waals surface area contributed by atoms with Crippen LogP contribution in [-0.2, 0) is 21.0 Å². The average molecular weight is 573 g/mol. The van der Waals surface area contributed by atoms with Gasteiger partial charge in [0.2, 0.25) is 14.2 Å². The van der Waals surface area contributed by atoms with Crippen molar-refractivity contribution < 1.29 is 8.42 Å². The Hall–Kier alpha value is -4.66. The first-order valence-corrected chi connectivity index (χ1v) is 15.6. The van der Waals surface area contributed by atoms with E-state index in [1.54, 1.807) is 0 Å². The molecule has 0 spiro atoms. The fourth-order valence-electron chi connectivity index (χ4n) is 5.74. The SMILES string of the molecule is O=S(=O)(Cc1ccc2n[nH]nc2c1C(c1ccccc1)(c1ccccc1)c1ccccc1)c1nc2ccccc2s1. The molecule has 7 rings (SSSR count). The van der Waals surface area contributed by atoms with Crippen molar-refractivity contribution in [3.8, 4) is 0 Å². The summed E-state index contributed by atoms with van der Waals surface area (Å²) in [5.41, 5.74) is 5.46. The minimum atomic E-state index is -3.81. The molecule has 2 heterocycles. The van der Waals surface area contributed by atoms with Gasteiger partial charge >= 0.3 is 0 Å². The molecule has 0 radical (unpaired) electrons. The third kappa shape index (κ3) is 4.23. The fraction of sp³-hybridized carbons (Fsp3) is 0.0606. The Labute approximate surface area is 241 Å². The van der Waals surface area contributed by atoms with Crippen molar-refractivity contribution in [1.29, 1.82) is 0 Å². The van der Waals surface area contributed by atoms with E-state index in [1.165, 1.54) is 11.3 Å². The number of aromatic amines is 1. The molecule has 1 N–H and O–H groups in total. The number of rotatable bonds is 7. The topological polar surface area (TPSA) is 88.6 Å². The van der Waals surface area contributed by atoms with E-state index in [1.807, 2.05) is 91.0 Å². The van der Waals surface area contributed by atoms with Gasteiger partial charge < -0.3 is 0 Å². The number of nitrogens with zero attached hydrogens (tertiary/aromatic N) is 3. The lowest BCUT2D eigenvalue weighted by atomic mass is 9.63. The normalized spacial score (nSPS) is 12.2. The maximum atomic E-state index is 14.0. The van der Waals surface area contributed by atoms with Crippen molar-refractivity contribution in [2.45, 2.75) is 15.5 Å². The molecule has 0 atom stereocenters. The van der Waals surface area contributed by atoms with Crippen LogP contribution in [0.15, 0.2) is 132 Å². The molecule has 0 aliphatic carbocycles. The molecule has 0 bridgehead atoms. The molecule has 5 aromatic carbocycles. The van der Waals surface area contributed by atoms with Gasteiger partial charge in [0.25, 0.3) is 0 Å². The van der Waals surface area contributed by atoms with Crippen LogP contribution in [0.2, 0.25) is 0 Å². The zero-order chi connectivity index (χ0) is 27.9. The second-order valence-corrected chi connectivity index (χ2v) is 13.0. The van der Waals surface area contributed by atoms with E-state index in [-0.39, 0.29) is 10.1 Å². The molecular weight excluding hydrogens is 549 g/mol. The first kappa shape index (κ1) is 25.3. The average Bonchev–Trinajstić information content (AvgIpc) is 3.68. The second kappa shape index (κ2) is 10.1. The zero-order valence-corrected chi connectivity index (χ0v) is 23.4. The Morgan fingerprint density at radius 1 is 0.634 bits per heavy atom. The number of thiazole rings is 1. The summed E-state index contributed by atoms with van der Waals surface area (Å²) in [6.07, 6.45) is 0. The zero-order valence-electron chi connectivity index (χ0n) is 21.8. The van der Waals surface area contributed by atoms with E-state index >= 15 is 0 Å². The highest BCUT2D eigenvalue weighted by molar-refractivity contribution is 7.92. The van der Waals surface area contributed by atoms with E-state index in [9.17, 15) is 8.42 Å². The van der Waals surface area contributed by atoms with Gasteiger partial charge in [-0.15, -0.1) is 11.3 Å². The number of hydrogen-bond donors (Lipinski definition) is 1. The highest BCUT2D eigenvalue weighted by Gasteiger charge is 2.42. The number of H-pyrrole nitrogens is 1. The van der Waals surface area contributed by atoms with Crippen LogP contribution in [0.1, 0.15) is 27.8 Å². The first-order chi connectivity index (χ1) is 20.1. The summed E-state index contributed by atoms with van der Waals surface area (Å²) in [5.74, 6) is -0.237. The maximum absolute atomic E-state index is 14.0. The van der Waals surface area contributed by atoms with Crippen LogP contribution in [-0.4, -0.2) is 28.8 Å². The van der Waals surface area contributed by atoms with Gasteiger partial charge in [-0.1, -0.05) is 109 Å². The number of sulfone groups is 1. The molecule has 0 saturated heterocycles. The minimum absolute atomic E-state index is 0.106. The van der Waals surface area contributed by atoms with Crippen LogP contribution in [0.25, 0.3) is 21.3 Å². The predicted molar refractivity (Wildman–Crippen MR) is 163 cm³/mol. The van der Waals surface area contributed by atoms with Gasteiger partial charge in [-0.05, 0) is 40.5 Å². The summed E-state index contributed by atoms with van der Waals surface area (Å²) in [7, 11) is -3.81. The van der Waals surface area contributed by atoms with Gasteiger partial charge in [0.15, 0.2) is 0 Å². The number of hydrogen-bond acceptors (Lipinski definition) is 6. The van der Waals surface area contributed by atoms with Crippen molar-refractivity contribution in [2.75, 3.05) is 0 Å². The molecule has 0 fully saturated rings. The molecule has 2 aromatic heterocycles. The van der Waals surface area contributed by atoms with Crippen molar-refractivity contribution >= 4 is 42.4 Å². The summed E-state index contributed by atoms with van der Waals surface area (Å²) in [4.78, 5) is 4.50. The summed E-state index contributed by atoms with van der Waals surface area (Å²) in [5, 5.41) is 11.8. The van der Waals surface area contributed by atoms with E-state index in [0.717, 1.165) is 27.0 Å². The minimum Gasteiger partial charge on any atom is -0.225 e. The molecule has 0 amide bonds. The molecule has 0 aliphatic rings. The molecule has 41 heavy (non-hydrogen) atoms. The predicted octanol–water partition coefficient (Wildman–Crippen LogP) is 6.92. The Morgan fingerprint density at radius 3 is 1.78 bits per heavy atom. The van der Waals surface area contributed by atoms with E-state index < -0.39 is 15.3 Å². The Kier molecular flexibility index (Phi) is 6.22. The third-order valence-electron chi connectivity index (χ3n) is 7.46. The van der Waals surface area contributed by atoms with Crippen molar-refractivity contribution in [2.24, 2.45) is 0 Å². The van der Waals surface area contributed by atoms with E-state index in [0.29, 0.717) is 22.1 Å². The number of benzene rings is 5. The quantitative estimate of drug-likeness (QED) is 0.209. The lowest BCUT2D eigenvalue weighted by Crippen LogP contribution is -2.33. The van der Waals surface area contributed by atoms with Gasteiger partial charge in [0.05, 0.1) is 21.4 Å². The smallest absolute Gasteiger partial charge is 0.210 e. The van der Waals surface area contributed by atoms with Crippen LogP contribution in [0.3, 0.4) is 0 Å². The largest absolute Gasteiger partial charge is 0.225 e. The standard InChI is InChI=1S/C33H24N4O2S2/c38-41(39,32-34-27-18-10-11-19-29(27)40-32)22-23-20-21-28-31(36-37-35-28)30(23)33(24-12-4-1-5-13-24,25-14-6-2-7-15-25)26-16-8-3-9-17-26/h1-21H,22H2,(H,35,36,37). The Morgan fingerprint density at radius 2 is 1.20 bits per heavy atom. The number of para-hydroxylation sites is 1. The summed E-state index contributed by atoms with van der Waals surface area (Å²) in [6.45, 7) is 0. The van der Waals surface area contributed by atoms with Gasteiger partial charge in [-0.2, -0.15) is 15.4 Å². The number of fused-ring (bicyclic) bond motifs is 2. The summed E-state index contributed by atoms with van der Waals surface area (Å²) in [6, 6.07) is 41.7. The molecule has 0 saturated carbocycles. The lowest BCUT2D eigenvalue weighted by molar-refractivity contribution is 0.594. The van der Waals surface area contributed by atoms with Crippen LogP contribution in [0.4, 0.5) is 0 Å². The van der Waals surface area contributed by atoms with Crippen LogP contribution in [0, 0.1) is 0 Å². The number of aromatic nitrogens is 4. The molecule has 7 aromatic rings. The molecule has 0 unspecified atom stereocenters. The summed E-state index contributed by atoms with van der Waals surface area (Å²) < 4.78 is 29.0. The van der Waals surface area contributed by atoms with Crippen molar-refractivity contribution in [1.82, 2.24) is 20.4 Å². The van der Waals surface area contributed by atoms with Crippen molar-refractivity contribution in [3.05, 3.63) is 155 Å². The van der Waals surface area contributed by atoms with Crippen molar-refractivity contribution in [3.63, 3.8) is 0 Å². The third-order valence-corrected chi connectivity index (χ3v) is 10.6. The van der Waals surface area contributed by atoms with Gasteiger partial charge in [0, 0.05) is 5.56 Å². The first-order valence-electron chi connectivity index (χ1n) is 13.1. The molecule has 0 aliphatic heterocycles. The number of nitrogens with one attached hydrogen (secondary N) is 1. The molecule has 6 nitrogen and oxygen atoms in total. The van der Waals surface area contributed by atoms with Gasteiger partial charge in [-0.25, -0.2) is 13.4 Å². The Balaban J connectivity index is 1.56. The Bertz CT molecular complexity index is 1960. The van der Waals surface area contributed by atoms with E-state index in [4.69, 9.17) is 0 Å². The molecule has 200 valence electrons. The molecule has 8 heteroatoms. The highest BCUT2D eigenvalue weighted by atomic mass is 32.2. The highest BCUT2D eigenvalue weighted by Crippen LogP contribution is 2.48. The van der Waals surface area contributed by atoms with Crippen LogP contribution in [0.5, 0.6) is 0 Å². The lowest BCUT2D eigenvalue weighted by Gasteiger charge is -2.38. The maximum Gasteiger partial charge on any atom is 0.210 e. The van der Waals surface area contributed by atoms with Crippen LogP contribution < -0.4 is 0 Å². The van der Waals surface area contributed by atoms with Gasteiger partial charge in [-0.3, -0.25) is 0 Å². The van der Waals surface area contributed by atoms with Crippen LogP contribution >= 0.6 is 11.3 Å². The fourth-order valence-corrected chi connectivity index (χ4v) is 8.40. The summed E-state index contributed by atoms with van der Waals surface area (Å²) >= 11 is 1.20.